The van der Waals surface area contributed by atoms with Crippen LogP contribution in [-0.2, 0) is 12.5 Å². The maximum atomic E-state index is 5.98. The fourth-order valence-corrected chi connectivity index (χ4v) is 2.24. The summed E-state index contributed by atoms with van der Waals surface area (Å²) in [6, 6.07) is 14.0. The lowest BCUT2D eigenvalue weighted by atomic mass is 10.1. The minimum Gasteiger partial charge on any atom is -0.493 e. The van der Waals surface area contributed by atoms with Crippen molar-refractivity contribution in [3.63, 3.8) is 0 Å². The van der Waals surface area contributed by atoms with E-state index in [1.807, 2.05) is 30.3 Å². The minimum absolute atomic E-state index is 0.428. The molecule has 0 saturated heterocycles. The van der Waals surface area contributed by atoms with E-state index in [9.17, 15) is 0 Å². The largest absolute Gasteiger partial charge is 0.493 e. The first-order valence-electron chi connectivity index (χ1n) is 7.23. The van der Waals surface area contributed by atoms with E-state index in [-0.39, 0.29) is 0 Å². The van der Waals surface area contributed by atoms with Crippen molar-refractivity contribution in [1.29, 1.82) is 0 Å². The van der Waals surface area contributed by atoms with Crippen molar-refractivity contribution >= 4 is 11.6 Å². The van der Waals surface area contributed by atoms with Gasteiger partial charge >= 0.3 is 0 Å². The van der Waals surface area contributed by atoms with Gasteiger partial charge in [0.1, 0.15) is 18.1 Å². The molecule has 0 N–H and O–H groups in total. The van der Waals surface area contributed by atoms with Crippen molar-refractivity contribution in [2.75, 3.05) is 6.61 Å². The molecule has 0 saturated carbocycles. The number of aryl methyl sites for hydroxylation is 1. The van der Waals surface area contributed by atoms with Gasteiger partial charge in [-0.1, -0.05) is 37.3 Å². The topological polar surface area (TPSA) is 18.5 Å². The number of hydrogen-bond donors (Lipinski definition) is 0. The van der Waals surface area contributed by atoms with Gasteiger partial charge in [0.2, 0.25) is 0 Å². The molecule has 0 atom stereocenters. The van der Waals surface area contributed by atoms with E-state index in [0.29, 0.717) is 19.1 Å². The second-order valence-electron chi connectivity index (χ2n) is 4.97. The third-order valence-electron chi connectivity index (χ3n) is 3.30. The molecule has 0 radical (unpaired) electrons. The van der Waals surface area contributed by atoms with Crippen LogP contribution in [0.2, 0.25) is 0 Å². The van der Waals surface area contributed by atoms with Crippen molar-refractivity contribution in [2.45, 2.75) is 32.8 Å². The summed E-state index contributed by atoms with van der Waals surface area (Å²) in [5, 5.41) is 0. The van der Waals surface area contributed by atoms with Crippen LogP contribution in [0.3, 0.4) is 0 Å². The van der Waals surface area contributed by atoms with Crippen LogP contribution in [0, 0.1) is 6.92 Å². The summed E-state index contributed by atoms with van der Waals surface area (Å²) < 4.78 is 11.6. The number of ether oxygens (including phenoxy) is 2. The summed E-state index contributed by atoms with van der Waals surface area (Å²) in [5.74, 6) is 2.05. The molecule has 2 aromatic carbocycles. The maximum absolute atomic E-state index is 5.98. The summed E-state index contributed by atoms with van der Waals surface area (Å²) in [6.45, 7) is 5.41. The average Bonchev–Trinajstić information content (AvgIpc) is 2.52. The Labute approximate surface area is 131 Å². The van der Waals surface area contributed by atoms with Gasteiger partial charge in [-0.05, 0) is 30.5 Å². The average molecular weight is 305 g/mol. The molecular formula is C18H21ClO2. The van der Waals surface area contributed by atoms with E-state index >= 15 is 0 Å². The molecule has 0 aromatic heterocycles. The highest BCUT2D eigenvalue weighted by molar-refractivity contribution is 6.17. The summed E-state index contributed by atoms with van der Waals surface area (Å²) >= 11 is 5.98. The van der Waals surface area contributed by atoms with Crippen LogP contribution < -0.4 is 9.47 Å². The Morgan fingerprint density at radius 3 is 2.52 bits per heavy atom. The molecule has 0 fully saturated rings. The van der Waals surface area contributed by atoms with E-state index in [2.05, 4.69) is 26.0 Å². The van der Waals surface area contributed by atoms with Crippen LogP contribution in [0.4, 0.5) is 0 Å². The van der Waals surface area contributed by atoms with Crippen LogP contribution >= 0.6 is 11.6 Å². The number of rotatable bonds is 7. The standard InChI is InChI=1S/C18H21ClO2/c1-3-10-20-17-9-8-15(12-19)18(11-17)21-13-16-7-5-4-6-14(16)2/h4-9,11H,3,10,12-13H2,1-2H3. The zero-order chi connectivity index (χ0) is 15.1. The Hall–Kier alpha value is -1.67. The van der Waals surface area contributed by atoms with Crippen molar-refractivity contribution in [3.05, 3.63) is 59.2 Å². The van der Waals surface area contributed by atoms with Crippen LogP contribution in [0.15, 0.2) is 42.5 Å². The van der Waals surface area contributed by atoms with E-state index in [1.165, 1.54) is 11.1 Å². The predicted octanol–water partition coefficient (Wildman–Crippen LogP) is 5.10. The van der Waals surface area contributed by atoms with Gasteiger partial charge in [-0.2, -0.15) is 0 Å². The smallest absolute Gasteiger partial charge is 0.127 e. The van der Waals surface area contributed by atoms with Crippen LogP contribution in [0.1, 0.15) is 30.0 Å². The zero-order valence-corrected chi connectivity index (χ0v) is 13.3. The third kappa shape index (κ3) is 4.40. The maximum Gasteiger partial charge on any atom is 0.127 e. The second-order valence-corrected chi connectivity index (χ2v) is 5.23. The van der Waals surface area contributed by atoms with Crippen molar-refractivity contribution in [2.24, 2.45) is 0 Å². The molecule has 2 aromatic rings. The summed E-state index contributed by atoms with van der Waals surface area (Å²) in [7, 11) is 0. The highest BCUT2D eigenvalue weighted by Crippen LogP contribution is 2.27. The molecule has 2 nitrogen and oxygen atoms in total. The number of halogens is 1. The van der Waals surface area contributed by atoms with Crippen LogP contribution in [-0.4, -0.2) is 6.61 Å². The van der Waals surface area contributed by atoms with Gasteiger partial charge in [0.25, 0.3) is 0 Å². The predicted molar refractivity (Wildman–Crippen MR) is 87.3 cm³/mol. The molecule has 0 amide bonds. The van der Waals surface area contributed by atoms with E-state index in [0.717, 1.165) is 23.5 Å². The quantitative estimate of drug-likeness (QED) is 0.662. The fraction of sp³-hybridized carbons (Fsp3) is 0.333. The Kier molecular flexibility index (Phi) is 5.94. The lowest BCUT2D eigenvalue weighted by molar-refractivity contribution is 0.292. The zero-order valence-electron chi connectivity index (χ0n) is 12.6. The van der Waals surface area contributed by atoms with Gasteiger partial charge in [-0.25, -0.2) is 0 Å². The first-order chi connectivity index (χ1) is 10.2. The Morgan fingerprint density at radius 1 is 1.00 bits per heavy atom. The lowest BCUT2D eigenvalue weighted by Gasteiger charge is -2.13. The summed E-state index contributed by atoms with van der Waals surface area (Å²) in [4.78, 5) is 0. The Morgan fingerprint density at radius 2 is 1.81 bits per heavy atom. The van der Waals surface area contributed by atoms with Gasteiger partial charge in [-0.15, -0.1) is 11.6 Å². The molecule has 21 heavy (non-hydrogen) atoms. The van der Waals surface area contributed by atoms with Crippen molar-refractivity contribution in [1.82, 2.24) is 0 Å². The molecule has 0 unspecified atom stereocenters. The summed E-state index contributed by atoms with van der Waals surface area (Å²) in [5.41, 5.74) is 3.38. The van der Waals surface area contributed by atoms with Gasteiger partial charge in [0.15, 0.2) is 0 Å². The fourth-order valence-electron chi connectivity index (χ4n) is 2.02. The van der Waals surface area contributed by atoms with Crippen molar-refractivity contribution in [3.8, 4) is 11.5 Å². The van der Waals surface area contributed by atoms with Gasteiger partial charge in [0, 0.05) is 11.6 Å². The van der Waals surface area contributed by atoms with Crippen LogP contribution in [0.5, 0.6) is 11.5 Å². The third-order valence-corrected chi connectivity index (χ3v) is 3.59. The van der Waals surface area contributed by atoms with E-state index < -0.39 is 0 Å². The molecule has 0 heterocycles. The molecule has 3 heteroatoms. The number of alkyl halides is 1. The second kappa shape index (κ2) is 7.94. The number of hydrogen-bond acceptors (Lipinski definition) is 2. The Bertz CT molecular complexity index is 581. The van der Waals surface area contributed by atoms with Gasteiger partial charge in [-0.3, -0.25) is 0 Å². The SMILES string of the molecule is CCCOc1ccc(CCl)c(OCc2ccccc2C)c1. The van der Waals surface area contributed by atoms with Gasteiger partial charge < -0.3 is 9.47 Å². The summed E-state index contributed by atoms with van der Waals surface area (Å²) in [6.07, 6.45) is 0.983. The van der Waals surface area contributed by atoms with Gasteiger partial charge in [0.05, 0.1) is 12.5 Å². The minimum atomic E-state index is 0.428. The Balaban J connectivity index is 2.12. The molecule has 0 spiro atoms. The molecule has 0 bridgehead atoms. The number of benzene rings is 2. The molecule has 0 aliphatic rings. The first kappa shape index (κ1) is 15.7. The normalized spacial score (nSPS) is 10.4. The molecule has 112 valence electrons. The highest BCUT2D eigenvalue weighted by atomic mass is 35.5. The molecule has 0 aliphatic heterocycles. The van der Waals surface area contributed by atoms with E-state index in [4.69, 9.17) is 21.1 Å². The lowest BCUT2D eigenvalue weighted by Crippen LogP contribution is -2.01. The highest BCUT2D eigenvalue weighted by Gasteiger charge is 2.07. The molecular weight excluding hydrogens is 284 g/mol. The van der Waals surface area contributed by atoms with Crippen LogP contribution in [0.25, 0.3) is 0 Å². The van der Waals surface area contributed by atoms with Crippen molar-refractivity contribution < 1.29 is 9.47 Å². The molecule has 2 rings (SSSR count). The molecule has 0 aliphatic carbocycles. The first-order valence-corrected chi connectivity index (χ1v) is 7.77. The monoisotopic (exact) mass is 304 g/mol. The van der Waals surface area contributed by atoms with E-state index in [1.54, 1.807) is 0 Å².